The molecule has 2 aromatic rings. The maximum Gasteiger partial charge on any atom is 0.204 e. The van der Waals surface area contributed by atoms with Crippen molar-refractivity contribution in [1.29, 1.82) is 0 Å². The lowest BCUT2D eigenvalue weighted by atomic mass is 10.1. The number of amides is 1. The molecule has 0 radical (unpaired) electrons. The van der Waals surface area contributed by atoms with Crippen molar-refractivity contribution in [3.63, 3.8) is 0 Å². The van der Waals surface area contributed by atoms with E-state index in [4.69, 9.17) is 4.79 Å². The van der Waals surface area contributed by atoms with E-state index in [1.807, 2.05) is 6.07 Å². The molecule has 0 spiro atoms. The van der Waals surface area contributed by atoms with Crippen LogP contribution >= 0.6 is 0 Å². The molecular weight excluding hydrogens is 204 g/mol. The van der Waals surface area contributed by atoms with Crippen LogP contribution < -0.4 is 5.73 Å². The molecule has 0 aliphatic carbocycles. The van der Waals surface area contributed by atoms with Gasteiger partial charge in [0.15, 0.2) is 0 Å². The van der Waals surface area contributed by atoms with Gasteiger partial charge in [-0.15, -0.1) is 0 Å². The van der Waals surface area contributed by atoms with E-state index in [0.29, 0.717) is 0 Å². The zero-order valence-electron chi connectivity index (χ0n) is 8.63. The number of aromatic hydroxyl groups is 1. The first kappa shape index (κ1) is 11.7. The quantitative estimate of drug-likeness (QED) is 0.712. The molecule has 0 fully saturated rings. The molecule has 0 aliphatic rings. The number of hydrogen-bond donors (Lipinski definition) is 2. The number of phenolic OH excluding ortho intramolecular Hbond substituents is 1. The van der Waals surface area contributed by atoms with Gasteiger partial charge in [-0.1, -0.05) is 12.7 Å². The Morgan fingerprint density at radius 3 is 2.69 bits per heavy atom. The summed E-state index contributed by atoms with van der Waals surface area (Å²) in [4.78, 5) is 12.8. The third-order valence-electron chi connectivity index (χ3n) is 1.98. The van der Waals surface area contributed by atoms with E-state index in [0.717, 1.165) is 16.5 Å². The summed E-state index contributed by atoms with van der Waals surface area (Å²) in [6.07, 6.45) is 3.74. The Hall–Kier alpha value is -2.36. The Bertz CT molecular complexity index is 509. The summed E-state index contributed by atoms with van der Waals surface area (Å²) in [5, 5.41) is 10.2. The zero-order valence-corrected chi connectivity index (χ0v) is 8.63. The van der Waals surface area contributed by atoms with Crippen LogP contribution in [0.15, 0.2) is 37.0 Å². The fourth-order valence-corrected chi connectivity index (χ4v) is 1.33. The SMILES string of the molecule is C=Cc1ccnc2ccc(O)cc12.NC=O. The number of carbonyl (C=O) groups excluding carboxylic acids is 1. The highest BCUT2D eigenvalue weighted by Gasteiger charge is 1.99. The Labute approximate surface area is 93.0 Å². The minimum absolute atomic E-state index is 0.250. The van der Waals surface area contributed by atoms with Crippen molar-refractivity contribution in [1.82, 2.24) is 4.98 Å². The molecule has 1 amide bonds. The summed E-state index contributed by atoms with van der Waals surface area (Å²) in [6, 6.07) is 6.98. The Kier molecular flexibility index (Phi) is 4.03. The van der Waals surface area contributed by atoms with E-state index in [1.54, 1.807) is 30.5 Å². The number of pyridine rings is 1. The molecule has 0 bridgehead atoms. The topological polar surface area (TPSA) is 76.2 Å². The molecule has 4 heteroatoms. The summed E-state index contributed by atoms with van der Waals surface area (Å²) >= 11 is 0. The number of phenols is 1. The molecule has 1 aromatic heterocycles. The molecule has 0 saturated carbocycles. The van der Waals surface area contributed by atoms with Crippen LogP contribution in [0, 0.1) is 0 Å². The average Bonchev–Trinajstić information content (AvgIpc) is 2.29. The van der Waals surface area contributed by atoms with Gasteiger partial charge >= 0.3 is 0 Å². The van der Waals surface area contributed by atoms with Crippen molar-refractivity contribution >= 4 is 23.4 Å². The van der Waals surface area contributed by atoms with Gasteiger partial charge in [0.2, 0.25) is 6.41 Å². The third kappa shape index (κ3) is 2.57. The number of rotatable bonds is 1. The average molecular weight is 216 g/mol. The van der Waals surface area contributed by atoms with Crippen molar-refractivity contribution in [3.05, 3.63) is 42.6 Å². The smallest absolute Gasteiger partial charge is 0.204 e. The van der Waals surface area contributed by atoms with Gasteiger partial charge in [0, 0.05) is 11.6 Å². The fraction of sp³-hybridized carbons (Fsp3) is 0. The molecule has 0 unspecified atom stereocenters. The normalized spacial score (nSPS) is 9.00. The molecule has 0 saturated heterocycles. The summed E-state index contributed by atoms with van der Waals surface area (Å²) < 4.78 is 0. The number of benzene rings is 1. The third-order valence-corrected chi connectivity index (χ3v) is 1.98. The number of fused-ring (bicyclic) bond motifs is 1. The van der Waals surface area contributed by atoms with Crippen LogP contribution in [0.2, 0.25) is 0 Å². The number of aromatic nitrogens is 1. The predicted octanol–water partition coefficient (Wildman–Crippen LogP) is 1.68. The van der Waals surface area contributed by atoms with Gasteiger partial charge in [0.05, 0.1) is 5.52 Å². The molecule has 0 atom stereocenters. The standard InChI is InChI=1S/C11H9NO.CH3NO/c1-2-8-5-6-12-11-4-3-9(13)7-10(8)11;2-1-3/h2-7,13H,1H2;1H,(H2,2,3). The highest BCUT2D eigenvalue weighted by Crippen LogP contribution is 2.21. The summed E-state index contributed by atoms with van der Waals surface area (Å²) in [5.41, 5.74) is 6.02. The molecular formula is C12H12N2O2. The number of hydrogen-bond acceptors (Lipinski definition) is 3. The van der Waals surface area contributed by atoms with E-state index in [9.17, 15) is 5.11 Å². The number of nitrogens with two attached hydrogens (primary N) is 1. The van der Waals surface area contributed by atoms with Gasteiger partial charge in [-0.3, -0.25) is 9.78 Å². The number of nitrogens with zero attached hydrogens (tertiary/aromatic N) is 1. The Balaban J connectivity index is 0.000000386. The van der Waals surface area contributed by atoms with Crippen LogP contribution in [0.3, 0.4) is 0 Å². The van der Waals surface area contributed by atoms with Crippen molar-refractivity contribution < 1.29 is 9.90 Å². The molecule has 16 heavy (non-hydrogen) atoms. The van der Waals surface area contributed by atoms with Gasteiger partial charge in [0.1, 0.15) is 5.75 Å². The molecule has 0 aliphatic heterocycles. The van der Waals surface area contributed by atoms with Crippen molar-refractivity contribution in [2.24, 2.45) is 5.73 Å². The van der Waals surface area contributed by atoms with E-state index < -0.39 is 0 Å². The maximum absolute atomic E-state index is 9.29. The lowest BCUT2D eigenvalue weighted by Crippen LogP contribution is -1.82. The number of carbonyl (C=O) groups is 1. The van der Waals surface area contributed by atoms with E-state index in [1.165, 1.54) is 0 Å². The van der Waals surface area contributed by atoms with E-state index >= 15 is 0 Å². The van der Waals surface area contributed by atoms with Crippen LogP contribution in [0.5, 0.6) is 5.75 Å². The summed E-state index contributed by atoms with van der Waals surface area (Å²) in [6.45, 7) is 3.70. The predicted molar refractivity (Wildman–Crippen MR) is 63.8 cm³/mol. The first-order valence-corrected chi connectivity index (χ1v) is 4.58. The van der Waals surface area contributed by atoms with Crippen LogP contribution in [-0.4, -0.2) is 16.5 Å². The molecule has 2 rings (SSSR count). The Morgan fingerprint density at radius 2 is 2.06 bits per heavy atom. The molecule has 3 N–H and O–H groups in total. The second kappa shape index (κ2) is 5.50. The van der Waals surface area contributed by atoms with Gasteiger partial charge in [-0.2, -0.15) is 0 Å². The molecule has 4 nitrogen and oxygen atoms in total. The number of primary amides is 1. The van der Waals surface area contributed by atoms with Crippen LogP contribution in [0.25, 0.3) is 17.0 Å². The summed E-state index contributed by atoms with van der Waals surface area (Å²) in [5.74, 6) is 0.253. The molecule has 82 valence electrons. The zero-order chi connectivity index (χ0) is 12.0. The lowest BCUT2D eigenvalue weighted by Gasteiger charge is -2.01. The van der Waals surface area contributed by atoms with Gasteiger partial charge in [-0.25, -0.2) is 0 Å². The minimum atomic E-state index is 0.250. The largest absolute Gasteiger partial charge is 0.508 e. The highest BCUT2D eigenvalue weighted by atomic mass is 16.3. The Morgan fingerprint density at radius 1 is 1.38 bits per heavy atom. The van der Waals surface area contributed by atoms with E-state index in [2.05, 4.69) is 17.3 Å². The van der Waals surface area contributed by atoms with Crippen molar-refractivity contribution in [3.8, 4) is 5.75 Å². The second-order valence-corrected chi connectivity index (χ2v) is 2.94. The minimum Gasteiger partial charge on any atom is -0.508 e. The molecule has 1 heterocycles. The van der Waals surface area contributed by atoms with Crippen molar-refractivity contribution in [2.75, 3.05) is 0 Å². The van der Waals surface area contributed by atoms with Gasteiger partial charge in [0.25, 0.3) is 0 Å². The maximum atomic E-state index is 9.29. The monoisotopic (exact) mass is 216 g/mol. The van der Waals surface area contributed by atoms with Crippen molar-refractivity contribution in [2.45, 2.75) is 0 Å². The van der Waals surface area contributed by atoms with Crippen LogP contribution in [0.4, 0.5) is 0 Å². The van der Waals surface area contributed by atoms with Crippen LogP contribution in [-0.2, 0) is 4.79 Å². The first-order valence-electron chi connectivity index (χ1n) is 4.58. The lowest BCUT2D eigenvalue weighted by molar-refractivity contribution is -0.106. The van der Waals surface area contributed by atoms with E-state index in [-0.39, 0.29) is 12.2 Å². The first-order chi connectivity index (χ1) is 7.72. The van der Waals surface area contributed by atoms with Gasteiger partial charge in [-0.05, 0) is 29.8 Å². The van der Waals surface area contributed by atoms with Crippen LogP contribution in [0.1, 0.15) is 5.56 Å². The highest BCUT2D eigenvalue weighted by molar-refractivity contribution is 5.88. The fourth-order valence-electron chi connectivity index (χ4n) is 1.33. The summed E-state index contributed by atoms with van der Waals surface area (Å²) in [7, 11) is 0. The second-order valence-electron chi connectivity index (χ2n) is 2.94. The molecule has 1 aromatic carbocycles. The van der Waals surface area contributed by atoms with Gasteiger partial charge < -0.3 is 10.8 Å².